The van der Waals surface area contributed by atoms with E-state index in [-0.39, 0.29) is 17.6 Å². The van der Waals surface area contributed by atoms with Gasteiger partial charge in [-0.05, 0) is 6.92 Å². The normalized spacial score (nSPS) is 23.9. The first-order valence-corrected chi connectivity index (χ1v) is 7.14. The van der Waals surface area contributed by atoms with Gasteiger partial charge in [-0.15, -0.1) is 0 Å². The zero-order valence-electron chi connectivity index (χ0n) is 9.18. The second-order valence-corrected chi connectivity index (χ2v) is 6.07. The molecule has 1 unspecified atom stereocenters. The molecule has 0 amide bonds. The first-order chi connectivity index (χ1) is 7.07. The average Bonchev–Trinajstić information content (AvgIpc) is 2.20. The number of rotatable bonds is 5. The quantitative estimate of drug-likeness (QED) is 0.668. The average molecular weight is 236 g/mol. The Labute approximate surface area is 91.5 Å². The second-order valence-electron chi connectivity index (χ2n) is 3.77. The molecule has 2 N–H and O–H groups in total. The summed E-state index contributed by atoms with van der Waals surface area (Å²) in [6.07, 6.45) is 0.0239. The van der Waals surface area contributed by atoms with Crippen LogP contribution >= 0.6 is 0 Å². The highest BCUT2D eigenvalue weighted by Crippen LogP contribution is 2.05. The Morgan fingerprint density at radius 2 is 2.00 bits per heavy atom. The lowest BCUT2D eigenvalue weighted by Crippen LogP contribution is -2.46. The van der Waals surface area contributed by atoms with E-state index in [1.807, 2.05) is 6.92 Å². The predicted octanol–water partition coefficient (Wildman–Crippen LogP) is -0.919. The summed E-state index contributed by atoms with van der Waals surface area (Å²) >= 11 is 0. The van der Waals surface area contributed by atoms with Gasteiger partial charge in [0, 0.05) is 32.8 Å². The van der Waals surface area contributed by atoms with E-state index in [0.29, 0.717) is 26.2 Å². The maximum atomic E-state index is 11.2. The van der Waals surface area contributed by atoms with Gasteiger partial charge in [-0.1, -0.05) is 0 Å². The molecule has 1 rings (SSSR count). The van der Waals surface area contributed by atoms with Gasteiger partial charge in [0.1, 0.15) is 0 Å². The summed E-state index contributed by atoms with van der Waals surface area (Å²) in [6, 6.07) is 0. The molecule has 1 atom stereocenters. The topological polar surface area (TPSA) is 72.6 Å². The van der Waals surface area contributed by atoms with Crippen LogP contribution in [-0.4, -0.2) is 63.7 Å². The van der Waals surface area contributed by atoms with Crippen molar-refractivity contribution in [2.24, 2.45) is 5.73 Å². The van der Waals surface area contributed by atoms with Crippen molar-refractivity contribution in [1.82, 2.24) is 4.90 Å². The third-order valence-corrected chi connectivity index (χ3v) is 4.17. The van der Waals surface area contributed by atoms with Crippen molar-refractivity contribution in [3.63, 3.8) is 0 Å². The summed E-state index contributed by atoms with van der Waals surface area (Å²) in [4.78, 5) is 2.11. The van der Waals surface area contributed by atoms with Gasteiger partial charge in [0.05, 0.1) is 17.6 Å². The van der Waals surface area contributed by atoms with Gasteiger partial charge in [-0.2, -0.15) is 0 Å². The van der Waals surface area contributed by atoms with E-state index in [4.69, 9.17) is 10.5 Å². The van der Waals surface area contributed by atoms with Crippen LogP contribution in [0.1, 0.15) is 6.92 Å². The van der Waals surface area contributed by atoms with Gasteiger partial charge >= 0.3 is 0 Å². The van der Waals surface area contributed by atoms with E-state index in [1.165, 1.54) is 0 Å². The standard InChI is InChI=1S/C9H20N2O3S/c1-2-14-9(7-10)8-11-3-5-15(12,13)6-4-11/h9H,2-8,10H2,1H3. The molecule has 15 heavy (non-hydrogen) atoms. The van der Waals surface area contributed by atoms with Crippen molar-refractivity contribution < 1.29 is 13.2 Å². The molecule has 0 aromatic carbocycles. The number of nitrogens with two attached hydrogens (primary N) is 1. The van der Waals surface area contributed by atoms with Crippen molar-refractivity contribution in [2.75, 3.05) is 44.3 Å². The van der Waals surface area contributed by atoms with Crippen LogP contribution in [0.2, 0.25) is 0 Å². The molecule has 5 nitrogen and oxygen atoms in total. The minimum Gasteiger partial charge on any atom is -0.376 e. The first-order valence-electron chi connectivity index (χ1n) is 5.32. The minimum atomic E-state index is -2.78. The predicted molar refractivity (Wildman–Crippen MR) is 59.6 cm³/mol. The van der Waals surface area contributed by atoms with E-state index >= 15 is 0 Å². The Kier molecular flexibility index (Phi) is 4.98. The molecule has 1 aliphatic rings. The fourth-order valence-electron chi connectivity index (χ4n) is 1.65. The van der Waals surface area contributed by atoms with Crippen LogP contribution in [0.4, 0.5) is 0 Å². The Morgan fingerprint density at radius 1 is 1.40 bits per heavy atom. The lowest BCUT2D eigenvalue weighted by atomic mass is 10.3. The van der Waals surface area contributed by atoms with Gasteiger partial charge in [0.15, 0.2) is 9.84 Å². The first kappa shape index (κ1) is 12.9. The molecule has 0 saturated carbocycles. The summed E-state index contributed by atoms with van der Waals surface area (Å²) in [5.41, 5.74) is 5.56. The fourth-order valence-corrected chi connectivity index (χ4v) is 2.93. The second kappa shape index (κ2) is 5.79. The van der Waals surface area contributed by atoms with E-state index in [0.717, 1.165) is 6.54 Å². The van der Waals surface area contributed by atoms with Crippen LogP contribution in [0.5, 0.6) is 0 Å². The van der Waals surface area contributed by atoms with E-state index in [9.17, 15) is 8.42 Å². The zero-order chi connectivity index (χ0) is 11.3. The van der Waals surface area contributed by atoms with Crippen molar-refractivity contribution in [2.45, 2.75) is 13.0 Å². The Morgan fingerprint density at radius 3 is 2.47 bits per heavy atom. The maximum Gasteiger partial charge on any atom is 0.152 e. The molecule has 0 aromatic rings. The molecule has 1 fully saturated rings. The molecule has 0 spiro atoms. The molecule has 90 valence electrons. The molecule has 0 bridgehead atoms. The fraction of sp³-hybridized carbons (Fsp3) is 1.00. The summed E-state index contributed by atoms with van der Waals surface area (Å²) in [7, 11) is -2.78. The van der Waals surface area contributed by atoms with Crippen LogP contribution in [0.15, 0.2) is 0 Å². The van der Waals surface area contributed by atoms with Gasteiger partial charge in [0.25, 0.3) is 0 Å². The number of sulfone groups is 1. The van der Waals surface area contributed by atoms with Gasteiger partial charge in [-0.3, -0.25) is 4.90 Å². The Hall–Kier alpha value is -0.170. The Bertz CT molecular complexity index is 265. The molecule has 0 aliphatic carbocycles. The molecule has 6 heteroatoms. The van der Waals surface area contributed by atoms with Crippen molar-refractivity contribution in [3.8, 4) is 0 Å². The summed E-state index contributed by atoms with van der Waals surface area (Å²) in [5.74, 6) is 0.521. The van der Waals surface area contributed by atoms with Gasteiger partial charge < -0.3 is 10.5 Å². The minimum absolute atomic E-state index is 0.0239. The van der Waals surface area contributed by atoms with E-state index in [1.54, 1.807) is 0 Å². The third kappa shape index (κ3) is 4.46. The van der Waals surface area contributed by atoms with Crippen molar-refractivity contribution in [1.29, 1.82) is 0 Å². The number of nitrogens with zero attached hydrogens (tertiary/aromatic N) is 1. The zero-order valence-corrected chi connectivity index (χ0v) is 10.0. The lowest BCUT2D eigenvalue weighted by Gasteiger charge is -2.29. The van der Waals surface area contributed by atoms with Crippen LogP contribution in [0.3, 0.4) is 0 Å². The molecule has 1 saturated heterocycles. The highest BCUT2D eigenvalue weighted by atomic mass is 32.2. The molecule has 1 heterocycles. The van der Waals surface area contributed by atoms with Crippen LogP contribution in [0.25, 0.3) is 0 Å². The third-order valence-electron chi connectivity index (χ3n) is 2.56. The number of hydrogen-bond acceptors (Lipinski definition) is 5. The van der Waals surface area contributed by atoms with Crippen LogP contribution in [-0.2, 0) is 14.6 Å². The van der Waals surface area contributed by atoms with Gasteiger partial charge in [0.2, 0.25) is 0 Å². The molecule has 1 aliphatic heterocycles. The largest absolute Gasteiger partial charge is 0.376 e. The van der Waals surface area contributed by atoms with Crippen molar-refractivity contribution >= 4 is 9.84 Å². The molecular weight excluding hydrogens is 216 g/mol. The number of ether oxygens (including phenoxy) is 1. The SMILES string of the molecule is CCOC(CN)CN1CCS(=O)(=O)CC1. The molecular formula is C9H20N2O3S. The monoisotopic (exact) mass is 236 g/mol. The lowest BCUT2D eigenvalue weighted by molar-refractivity contribution is 0.0412. The highest BCUT2D eigenvalue weighted by Gasteiger charge is 2.23. The smallest absolute Gasteiger partial charge is 0.152 e. The Balaban J connectivity index is 2.34. The molecule has 0 radical (unpaired) electrons. The van der Waals surface area contributed by atoms with Crippen LogP contribution in [0, 0.1) is 0 Å². The molecule has 0 aromatic heterocycles. The van der Waals surface area contributed by atoms with Crippen LogP contribution < -0.4 is 5.73 Å². The number of hydrogen-bond donors (Lipinski definition) is 1. The van der Waals surface area contributed by atoms with E-state index < -0.39 is 9.84 Å². The summed E-state index contributed by atoms with van der Waals surface area (Å²) in [5, 5.41) is 0. The van der Waals surface area contributed by atoms with Crippen molar-refractivity contribution in [3.05, 3.63) is 0 Å². The summed E-state index contributed by atoms with van der Waals surface area (Å²) < 4.78 is 27.8. The highest BCUT2D eigenvalue weighted by molar-refractivity contribution is 7.91. The van der Waals surface area contributed by atoms with Gasteiger partial charge in [-0.25, -0.2) is 8.42 Å². The summed E-state index contributed by atoms with van der Waals surface area (Å²) in [6.45, 7) is 5.01. The van der Waals surface area contributed by atoms with E-state index in [2.05, 4.69) is 4.90 Å². The maximum absolute atomic E-state index is 11.2.